The summed E-state index contributed by atoms with van der Waals surface area (Å²) < 4.78 is 1.37. The van der Waals surface area contributed by atoms with E-state index in [-0.39, 0.29) is 17.2 Å². The zero-order chi connectivity index (χ0) is 16.6. The zero-order valence-corrected chi connectivity index (χ0v) is 12.9. The molecular formula is C13H8BrN5O4. The zero-order valence-electron chi connectivity index (χ0n) is 11.3. The molecule has 0 aliphatic rings. The molecule has 23 heavy (non-hydrogen) atoms. The molecule has 10 heteroatoms. The van der Waals surface area contributed by atoms with E-state index in [1.165, 1.54) is 18.5 Å². The van der Waals surface area contributed by atoms with Crippen molar-refractivity contribution in [3.05, 3.63) is 60.7 Å². The van der Waals surface area contributed by atoms with Crippen LogP contribution in [0.25, 0.3) is 17.9 Å². The predicted molar refractivity (Wildman–Crippen MR) is 85.0 cm³/mol. The summed E-state index contributed by atoms with van der Waals surface area (Å²) in [7, 11) is 0. The first-order valence-electron chi connectivity index (χ1n) is 6.24. The van der Waals surface area contributed by atoms with Gasteiger partial charge in [-0.3, -0.25) is 20.0 Å². The standard InChI is InChI=1S/C13H8BrN5O4/c14-8-5-7(2-4-10(8)20)1-3-9-11(19(22)23)12(21)18-13(17-9)15-6-16-18/h1-6,20H,(H,15,16,17)/b3-1+. The predicted octanol–water partition coefficient (Wildman–Crippen LogP) is 1.96. The maximum atomic E-state index is 12.1. The number of H-pyrrole nitrogens is 1. The Balaban J connectivity index is 2.13. The second-order valence-electron chi connectivity index (χ2n) is 4.47. The van der Waals surface area contributed by atoms with Gasteiger partial charge in [-0.05, 0) is 39.7 Å². The Morgan fingerprint density at radius 3 is 2.87 bits per heavy atom. The van der Waals surface area contributed by atoms with Crippen molar-refractivity contribution in [1.82, 2.24) is 19.6 Å². The number of hydrogen-bond acceptors (Lipinski definition) is 6. The minimum Gasteiger partial charge on any atom is -0.507 e. The van der Waals surface area contributed by atoms with Gasteiger partial charge in [-0.25, -0.2) is 9.97 Å². The summed E-state index contributed by atoms with van der Waals surface area (Å²) in [6.45, 7) is 0. The van der Waals surface area contributed by atoms with Crippen LogP contribution < -0.4 is 5.56 Å². The van der Waals surface area contributed by atoms with E-state index in [0.717, 1.165) is 4.52 Å². The number of phenolic OH excluding ortho intramolecular Hbond substituents is 1. The highest BCUT2D eigenvalue weighted by Crippen LogP contribution is 2.25. The van der Waals surface area contributed by atoms with Crippen molar-refractivity contribution in [1.29, 1.82) is 0 Å². The van der Waals surface area contributed by atoms with Gasteiger partial charge in [0, 0.05) is 0 Å². The van der Waals surface area contributed by atoms with Crippen LogP contribution in [0.3, 0.4) is 0 Å². The van der Waals surface area contributed by atoms with E-state index in [0.29, 0.717) is 10.0 Å². The van der Waals surface area contributed by atoms with Gasteiger partial charge < -0.3 is 5.11 Å². The highest BCUT2D eigenvalue weighted by Gasteiger charge is 2.22. The van der Waals surface area contributed by atoms with Crippen molar-refractivity contribution >= 4 is 39.5 Å². The molecule has 0 spiro atoms. The van der Waals surface area contributed by atoms with Crippen molar-refractivity contribution in [2.75, 3.05) is 0 Å². The largest absolute Gasteiger partial charge is 0.507 e. The Kier molecular flexibility index (Phi) is 3.66. The number of rotatable bonds is 3. The second-order valence-corrected chi connectivity index (χ2v) is 5.33. The fraction of sp³-hybridized carbons (Fsp3) is 0. The first-order chi connectivity index (χ1) is 11.0. The van der Waals surface area contributed by atoms with Gasteiger partial charge in [0.15, 0.2) is 5.69 Å². The summed E-state index contributed by atoms with van der Waals surface area (Å²) in [4.78, 5) is 30.3. The van der Waals surface area contributed by atoms with E-state index in [1.807, 2.05) is 0 Å². The Hall–Kier alpha value is -3.01. The maximum absolute atomic E-state index is 12.1. The highest BCUT2D eigenvalue weighted by atomic mass is 79.9. The molecule has 2 N–H and O–H groups in total. The Labute approximate surface area is 136 Å². The number of hydrogen-bond donors (Lipinski definition) is 2. The lowest BCUT2D eigenvalue weighted by molar-refractivity contribution is -0.386. The molecule has 0 amide bonds. The summed E-state index contributed by atoms with van der Waals surface area (Å²) in [6.07, 6.45) is 4.12. The fourth-order valence-electron chi connectivity index (χ4n) is 1.95. The van der Waals surface area contributed by atoms with Crippen LogP contribution in [0.2, 0.25) is 0 Å². The van der Waals surface area contributed by atoms with Gasteiger partial charge in [0.25, 0.3) is 5.78 Å². The molecule has 0 unspecified atom stereocenters. The molecule has 3 aromatic rings. The smallest absolute Gasteiger partial charge is 0.361 e. The molecule has 1 aromatic carbocycles. The van der Waals surface area contributed by atoms with Gasteiger partial charge in [0.05, 0.1) is 9.40 Å². The van der Waals surface area contributed by atoms with Crippen LogP contribution >= 0.6 is 15.9 Å². The number of halogens is 1. The fourth-order valence-corrected chi connectivity index (χ4v) is 2.35. The highest BCUT2D eigenvalue weighted by molar-refractivity contribution is 9.10. The van der Waals surface area contributed by atoms with E-state index in [4.69, 9.17) is 0 Å². The third-order valence-electron chi connectivity index (χ3n) is 3.02. The minimum atomic E-state index is -0.843. The van der Waals surface area contributed by atoms with Crippen LogP contribution in [0.1, 0.15) is 11.3 Å². The molecule has 0 saturated heterocycles. The average Bonchev–Trinajstić information content (AvgIpc) is 2.97. The Morgan fingerprint density at radius 1 is 1.39 bits per heavy atom. The molecule has 9 nitrogen and oxygen atoms in total. The van der Waals surface area contributed by atoms with E-state index in [2.05, 4.69) is 31.0 Å². The summed E-state index contributed by atoms with van der Waals surface area (Å²) >= 11 is 3.17. The van der Waals surface area contributed by atoms with Gasteiger partial charge in [-0.15, -0.1) is 0 Å². The van der Waals surface area contributed by atoms with Crippen molar-refractivity contribution in [2.24, 2.45) is 0 Å². The van der Waals surface area contributed by atoms with Crippen molar-refractivity contribution < 1.29 is 10.0 Å². The molecule has 116 valence electrons. The van der Waals surface area contributed by atoms with E-state index < -0.39 is 16.2 Å². The molecule has 0 radical (unpaired) electrons. The second kappa shape index (κ2) is 5.65. The lowest BCUT2D eigenvalue weighted by Gasteiger charge is -1.99. The monoisotopic (exact) mass is 377 g/mol. The summed E-state index contributed by atoms with van der Waals surface area (Å²) in [6, 6.07) is 4.71. The molecule has 0 atom stereocenters. The van der Waals surface area contributed by atoms with E-state index in [1.54, 1.807) is 18.2 Å². The van der Waals surface area contributed by atoms with Crippen molar-refractivity contribution in [3.63, 3.8) is 0 Å². The molecule has 0 bridgehead atoms. The normalized spacial score (nSPS) is 11.3. The van der Waals surface area contributed by atoms with Crippen LogP contribution in [0.15, 0.2) is 33.8 Å². The lowest BCUT2D eigenvalue weighted by Crippen LogP contribution is -2.20. The molecule has 0 fully saturated rings. The number of aromatic amines is 1. The number of benzene rings is 1. The van der Waals surface area contributed by atoms with Gasteiger partial charge in [0.1, 0.15) is 12.1 Å². The number of nitrogens with one attached hydrogen (secondary N) is 1. The number of phenols is 1. The number of fused-ring (bicyclic) bond motifs is 1. The summed E-state index contributed by atoms with van der Waals surface area (Å²) in [5.41, 5.74) is -0.936. The van der Waals surface area contributed by atoms with E-state index >= 15 is 0 Å². The van der Waals surface area contributed by atoms with Crippen LogP contribution in [-0.2, 0) is 0 Å². The third kappa shape index (κ3) is 2.71. The first kappa shape index (κ1) is 14.9. The van der Waals surface area contributed by atoms with Crippen LogP contribution in [0.4, 0.5) is 5.69 Å². The first-order valence-corrected chi connectivity index (χ1v) is 7.04. The number of nitrogens with zero attached hydrogens (tertiary/aromatic N) is 4. The van der Waals surface area contributed by atoms with Crippen molar-refractivity contribution in [2.45, 2.75) is 0 Å². The quantitative estimate of drug-likeness (QED) is 0.530. The molecular weight excluding hydrogens is 370 g/mol. The Bertz CT molecular complexity index is 1010. The maximum Gasteiger partial charge on any atom is 0.361 e. The minimum absolute atomic E-state index is 0.0344. The third-order valence-corrected chi connectivity index (χ3v) is 3.66. The van der Waals surface area contributed by atoms with Gasteiger partial charge in [0.2, 0.25) is 0 Å². The van der Waals surface area contributed by atoms with Crippen LogP contribution in [-0.4, -0.2) is 29.6 Å². The molecule has 3 rings (SSSR count). The average molecular weight is 378 g/mol. The number of aromatic hydroxyl groups is 1. The lowest BCUT2D eigenvalue weighted by atomic mass is 10.2. The van der Waals surface area contributed by atoms with Gasteiger partial charge >= 0.3 is 11.2 Å². The van der Waals surface area contributed by atoms with E-state index in [9.17, 15) is 20.0 Å². The molecule has 0 saturated carbocycles. The Morgan fingerprint density at radius 2 is 2.17 bits per heavy atom. The molecule has 2 aromatic heterocycles. The van der Waals surface area contributed by atoms with Gasteiger partial charge in [-0.1, -0.05) is 12.1 Å². The number of aromatic nitrogens is 4. The topological polar surface area (TPSA) is 126 Å². The van der Waals surface area contributed by atoms with Crippen LogP contribution in [0, 0.1) is 10.1 Å². The number of nitro groups is 1. The van der Waals surface area contributed by atoms with Crippen molar-refractivity contribution in [3.8, 4) is 5.75 Å². The molecule has 0 aliphatic carbocycles. The summed E-state index contributed by atoms with van der Waals surface area (Å²) in [5, 5.41) is 23.1. The molecule has 0 aliphatic heterocycles. The molecule has 2 heterocycles. The SMILES string of the molecule is O=c1c([N+](=O)[O-])c(/C=C/c2ccc(O)c(Br)c2)nc2nc[nH]n12. The summed E-state index contributed by atoms with van der Waals surface area (Å²) in [5.74, 6) is 0.106. The van der Waals surface area contributed by atoms with Crippen LogP contribution in [0.5, 0.6) is 5.75 Å². The van der Waals surface area contributed by atoms with Gasteiger partial charge in [-0.2, -0.15) is 4.52 Å².